The second-order valence-electron chi connectivity index (χ2n) is 3.87. The summed E-state index contributed by atoms with van der Waals surface area (Å²) in [5.41, 5.74) is 0.703. The van der Waals surface area contributed by atoms with E-state index in [1.54, 1.807) is 25.2 Å². The Hall–Kier alpha value is -1.73. The van der Waals surface area contributed by atoms with Crippen LogP contribution in [0.3, 0.4) is 0 Å². The SMILES string of the molecule is COc1cc(Cl)ccc1-c1nc(SCC(=O)O)n(C)n1. The number of aromatic nitrogens is 3. The van der Waals surface area contributed by atoms with Crippen molar-refractivity contribution in [3.05, 3.63) is 23.2 Å². The molecule has 1 heterocycles. The highest BCUT2D eigenvalue weighted by Crippen LogP contribution is 2.31. The Morgan fingerprint density at radius 2 is 2.30 bits per heavy atom. The molecule has 0 aliphatic rings. The standard InChI is InChI=1S/C12H12ClN3O3S/c1-16-12(20-6-10(17)18)14-11(15-16)8-4-3-7(13)5-9(8)19-2/h3-5H,6H2,1-2H3,(H,17,18). The van der Waals surface area contributed by atoms with Gasteiger partial charge in [0.25, 0.3) is 0 Å². The fourth-order valence-corrected chi connectivity index (χ4v) is 2.38. The average molecular weight is 314 g/mol. The minimum atomic E-state index is -0.899. The van der Waals surface area contributed by atoms with Gasteiger partial charge in [-0.3, -0.25) is 4.79 Å². The van der Waals surface area contributed by atoms with Crippen LogP contribution in [0.5, 0.6) is 5.75 Å². The molecule has 1 aromatic carbocycles. The van der Waals surface area contributed by atoms with Crippen molar-refractivity contribution in [3.8, 4) is 17.1 Å². The largest absolute Gasteiger partial charge is 0.496 e. The highest BCUT2D eigenvalue weighted by atomic mass is 35.5. The van der Waals surface area contributed by atoms with Gasteiger partial charge in [0.05, 0.1) is 18.4 Å². The molecule has 0 bridgehead atoms. The van der Waals surface area contributed by atoms with Gasteiger partial charge in [0.1, 0.15) is 5.75 Å². The molecule has 0 aliphatic heterocycles. The van der Waals surface area contributed by atoms with Crippen LogP contribution >= 0.6 is 23.4 Å². The van der Waals surface area contributed by atoms with Crippen LogP contribution in [0.4, 0.5) is 0 Å². The number of carboxylic acids is 1. The summed E-state index contributed by atoms with van der Waals surface area (Å²) in [5, 5.41) is 14.0. The molecule has 20 heavy (non-hydrogen) atoms. The van der Waals surface area contributed by atoms with Gasteiger partial charge in [-0.2, -0.15) is 5.10 Å². The maximum Gasteiger partial charge on any atom is 0.313 e. The average Bonchev–Trinajstić information content (AvgIpc) is 2.77. The predicted molar refractivity (Wildman–Crippen MR) is 76.4 cm³/mol. The fourth-order valence-electron chi connectivity index (χ4n) is 1.59. The molecule has 0 saturated carbocycles. The Balaban J connectivity index is 2.34. The van der Waals surface area contributed by atoms with Crippen molar-refractivity contribution in [2.75, 3.05) is 12.9 Å². The van der Waals surface area contributed by atoms with Crippen LogP contribution in [-0.4, -0.2) is 38.7 Å². The molecule has 6 nitrogen and oxygen atoms in total. The zero-order valence-corrected chi connectivity index (χ0v) is 12.4. The number of hydrogen-bond acceptors (Lipinski definition) is 5. The van der Waals surface area contributed by atoms with Crippen molar-refractivity contribution in [2.45, 2.75) is 5.16 Å². The van der Waals surface area contributed by atoms with Gasteiger partial charge < -0.3 is 9.84 Å². The lowest BCUT2D eigenvalue weighted by atomic mass is 10.2. The van der Waals surface area contributed by atoms with Crippen LogP contribution < -0.4 is 4.74 Å². The zero-order chi connectivity index (χ0) is 14.7. The summed E-state index contributed by atoms with van der Waals surface area (Å²) in [6.45, 7) is 0. The van der Waals surface area contributed by atoms with Crippen LogP contribution in [0.15, 0.2) is 23.4 Å². The molecule has 0 unspecified atom stereocenters. The molecular weight excluding hydrogens is 302 g/mol. The van der Waals surface area contributed by atoms with Gasteiger partial charge in [0.15, 0.2) is 11.0 Å². The number of nitrogens with zero attached hydrogens (tertiary/aromatic N) is 3. The van der Waals surface area contributed by atoms with Crippen LogP contribution in [0.25, 0.3) is 11.4 Å². The lowest BCUT2D eigenvalue weighted by molar-refractivity contribution is -0.133. The van der Waals surface area contributed by atoms with Gasteiger partial charge in [-0.1, -0.05) is 23.4 Å². The highest BCUT2D eigenvalue weighted by Gasteiger charge is 2.15. The molecule has 1 N–H and O–H groups in total. The molecule has 0 amide bonds. The summed E-state index contributed by atoms with van der Waals surface area (Å²) in [5.74, 6) is 0.0689. The molecular formula is C12H12ClN3O3S. The smallest absolute Gasteiger partial charge is 0.313 e. The Morgan fingerprint density at radius 1 is 1.55 bits per heavy atom. The van der Waals surface area contributed by atoms with Gasteiger partial charge in [-0.25, -0.2) is 9.67 Å². The minimum absolute atomic E-state index is 0.0657. The Bertz CT molecular complexity index is 645. The maximum absolute atomic E-state index is 10.6. The van der Waals surface area contributed by atoms with Gasteiger partial charge in [-0.15, -0.1) is 0 Å². The van der Waals surface area contributed by atoms with Crippen LogP contribution in [0.1, 0.15) is 0 Å². The minimum Gasteiger partial charge on any atom is -0.496 e. The maximum atomic E-state index is 10.6. The number of ether oxygens (including phenoxy) is 1. The van der Waals surface area contributed by atoms with Gasteiger partial charge in [0, 0.05) is 12.1 Å². The molecule has 0 aliphatic carbocycles. The number of halogens is 1. The number of aryl methyl sites for hydroxylation is 1. The zero-order valence-electron chi connectivity index (χ0n) is 10.8. The first-order valence-electron chi connectivity index (χ1n) is 5.61. The van der Waals surface area contributed by atoms with Crippen LogP contribution in [0.2, 0.25) is 5.02 Å². The van der Waals surface area contributed by atoms with E-state index in [1.165, 1.54) is 11.8 Å². The number of hydrogen-bond donors (Lipinski definition) is 1. The van der Waals surface area contributed by atoms with Crippen molar-refractivity contribution >= 4 is 29.3 Å². The first-order chi connectivity index (χ1) is 9.51. The van der Waals surface area contributed by atoms with E-state index in [-0.39, 0.29) is 5.75 Å². The third-order valence-corrected chi connectivity index (χ3v) is 3.69. The molecule has 1 aromatic heterocycles. The molecule has 0 spiro atoms. The third-order valence-electron chi connectivity index (χ3n) is 2.45. The van der Waals surface area contributed by atoms with Crippen molar-refractivity contribution in [1.29, 1.82) is 0 Å². The quantitative estimate of drug-likeness (QED) is 0.854. The molecule has 8 heteroatoms. The first-order valence-corrected chi connectivity index (χ1v) is 6.97. The summed E-state index contributed by atoms with van der Waals surface area (Å²) < 4.78 is 6.79. The number of benzene rings is 1. The molecule has 106 valence electrons. The number of methoxy groups -OCH3 is 1. The van der Waals surface area contributed by atoms with Crippen molar-refractivity contribution < 1.29 is 14.6 Å². The molecule has 0 radical (unpaired) electrons. The second-order valence-corrected chi connectivity index (χ2v) is 5.25. The summed E-state index contributed by atoms with van der Waals surface area (Å²) in [4.78, 5) is 14.9. The van der Waals surface area contributed by atoms with E-state index < -0.39 is 5.97 Å². The van der Waals surface area contributed by atoms with Crippen molar-refractivity contribution in [3.63, 3.8) is 0 Å². The van der Waals surface area contributed by atoms with E-state index in [4.69, 9.17) is 21.4 Å². The van der Waals surface area contributed by atoms with Crippen molar-refractivity contribution in [1.82, 2.24) is 14.8 Å². The van der Waals surface area contributed by atoms with Crippen molar-refractivity contribution in [2.24, 2.45) is 7.05 Å². The van der Waals surface area contributed by atoms with E-state index in [0.29, 0.717) is 27.3 Å². The van der Waals surface area contributed by atoms with Gasteiger partial charge in [-0.05, 0) is 18.2 Å². The molecule has 0 atom stereocenters. The van der Waals surface area contributed by atoms with E-state index in [0.717, 1.165) is 11.8 Å². The molecule has 0 fully saturated rings. The fraction of sp³-hybridized carbons (Fsp3) is 0.250. The van der Waals surface area contributed by atoms with E-state index in [2.05, 4.69) is 10.1 Å². The molecule has 2 rings (SSSR count). The number of carboxylic acid groups (broad SMARTS) is 1. The van der Waals surface area contributed by atoms with Crippen LogP contribution in [-0.2, 0) is 11.8 Å². The predicted octanol–water partition coefficient (Wildman–Crippen LogP) is 2.32. The van der Waals surface area contributed by atoms with Gasteiger partial charge in [0.2, 0.25) is 0 Å². The second kappa shape index (κ2) is 6.15. The molecule has 0 saturated heterocycles. The van der Waals surface area contributed by atoms with Gasteiger partial charge >= 0.3 is 5.97 Å². The Labute approximate surface area is 124 Å². The lowest BCUT2D eigenvalue weighted by Crippen LogP contribution is -2.00. The summed E-state index contributed by atoms with van der Waals surface area (Å²) in [7, 11) is 3.25. The summed E-state index contributed by atoms with van der Waals surface area (Å²) >= 11 is 7.02. The Morgan fingerprint density at radius 3 is 2.95 bits per heavy atom. The summed E-state index contributed by atoms with van der Waals surface area (Å²) in [6.07, 6.45) is 0. The lowest BCUT2D eigenvalue weighted by Gasteiger charge is -2.05. The van der Waals surface area contributed by atoms with E-state index in [9.17, 15) is 4.79 Å². The number of aliphatic carboxylic acids is 1. The van der Waals surface area contributed by atoms with E-state index in [1.807, 2.05) is 0 Å². The first kappa shape index (κ1) is 14.7. The monoisotopic (exact) mass is 313 g/mol. The topological polar surface area (TPSA) is 77.2 Å². The Kier molecular flexibility index (Phi) is 4.51. The number of thioether (sulfide) groups is 1. The summed E-state index contributed by atoms with van der Waals surface area (Å²) in [6, 6.07) is 5.17. The molecule has 2 aromatic rings. The van der Waals surface area contributed by atoms with E-state index >= 15 is 0 Å². The van der Waals surface area contributed by atoms with Crippen LogP contribution in [0, 0.1) is 0 Å². The highest BCUT2D eigenvalue weighted by molar-refractivity contribution is 7.99. The third kappa shape index (κ3) is 3.23. The number of carbonyl (C=O) groups is 1. The number of rotatable bonds is 5. The normalized spacial score (nSPS) is 10.6.